The lowest BCUT2D eigenvalue weighted by atomic mass is 9.98. The van der Waals surface area contributed by atoms with Crippen LogP contribution in [0.2, 0.25) is 0 Å². The molecule has 0 bridgehead atoms. The van der Waals surface area contributed by atoms with E-state index in [-0.39, 0.29) is 36.8 Å². The summed E-state index contributed by atoms with van der Waals surface area (Å²) in [7, 11) is 1.60. The SMILES string of the molecule is CCCCO[C@H]1O[C@H](C)[C@@H](O[C@@H]2O[C@H](C)[C@@H](OC)[C@H](OCCCC)[C@H]2OC(C)=O)[C@H]2O[C@@H]12. The Balaban J connectivity index is 1.69. The smallest absolute Gasteiger partial charge is 0.303 e. The highest BCUT2D eigenvalue weighted by atomic mass is 16.8. The molecule has 3 saturated heterocycles. The van der Waals surface area contributed by atoms with Crippen molar-refractivity contribution in [3.63, 3.8) is 0 Å². The summed E-state index contributed by atoms with van der Waals surface area (Å²) in [5.41, 5.74) is 0. The maximum absolute atomic E-state index is 11.9. The summed E-state index contributed by atoms with van der Waals surface area (Å²) in [6.07, 6.45) is -0.251. The molecule has 0 N–H and O–H groups in total. The van der Waals surface area contributed by atoms with Crippen LogP contribution in [-0.2, 0) is 42.7 Å². The zero-order chi connectivity index (χ0) is 23.3. The Kier molecular flexibility index (Phi) is 9.72. The molecule has 0 aliphatic carbocycles. The third-order valence-corrected chi connectivity index (χ3v) is 6.15. The van der Waals surface area contributed by atoms with E-state index in [9.17, 15) is 4.79 Å². The Bertz CT molecular complexity index is 586. The van der Waals surface area contributed by atoms with Crippen molar-refractivity contribution in [1.82, 2.24) is 0 Å². The number of hydrogen-bond donors (Lipinski definition) is 0. The summed E-state index contributed by atoms with van der Waals surface area (Å²) >= 11 is 0. The van der Waals surface area contributed by atoms with Gasteiger partial charge in [0.1, 0.15) is 30.5 Å². The summed E-state index contributed by atoms with van der Waals surface area (Å²) in [5.74, 6) is -0.432. The second kappa shape index (κ2) is 12.1. The van der Waals surface area contributed by atoms with Gasteiger partial charge in [-0.3, -0.25) is 4.79 Å². The Morgan fingerprint density at radius 3 is 2.03 bits per heavy atom. The molecule has 3 aliphatic heterocycles. The first-order valence-electron chi connectivity index (χ1n) is 12.0. The van der Waals surface area contributed by atoms with Crippen molar-refractivity contribution >= 4 is 5.97 Å². The van der Waals surface area contributed by atoms with Crippen molar-refractivity contribution in [2.75, 3.05) is 20.3 Å². The fourth-order valence-electron chi connectivity index (χ4n) is 4.35. The van der Waals surface area contributed by atoms with Crippen molar-refractivity contribution < 1.29 is 42.7 Å². The number of hydrogen-bond acceptors (Lipinski definition) is 9. The van der Waals surface area contributed by atoms with Crippen molar-refractivity contribution in [2.45, 2.75) is 122 Å². The van der Waals surface area contributed by atoms with Crippen molar-refractivity contribution in [3.8, 4) is 0 Å². The average molecular weight is 461 g/mol. The van der Waals surface area contributed by atoms with Gasteiger partial charge in [0, 0.05) is 27.2 Å². The van der Waals surface area contributed by atoms with Crippen molar-refractivity contribution in [1.29, 1.82) is 0 Å². The van der Waals surface area contributed by atoms with Gasteiger partial charge < -0.3 is 37.9 Å². The van der Waals surface area contributed by atoms with Crippen LogP contribution in [0, 0.1) is 0 Å². The van der Waals surface area contributed by atoms with Crippen LogP contribution in [0.1, 0.15) is 60.3 Å². The lowest BCUT2D eigenvalue weighted by molar-refractivity contribution is -0.329. The molecule has 0 saturated carbocycles. The summed E-state index contributed by atoms with van der Waals surface area (Å²) in [4.78, 5) is 11.9. The first-order valence-corrected chi connectivity index (χ1v) is 12.0. The molecule has 3 fully saturated rings. The number of methoxy groups -OCH3 is 1. The lowest BCUT2D eigenvalue weighted by Gasteiger charge is -2.45. The minimum absolute atomic E-state index is 0.151. The second-order valence-corrected chi connectivity index (χ2v) is 8.77. The molecule has 0 unspecified atom stereocenters. The molecule has 3 aliphatic rings. The summed E-state index contributed by atoms with van der Waals surface area (Å²) < 4.78 is 47.6. The minimum atomic E-state index is -0.828. The fraction of sp³-hybridized carbons (Fsp3) is 0.957. The number of unbranched alkanes of at least 4 members (excludes halogenated alkanes) is 2. The monoisotopic (exact) mass is 460 g/mol. The van der Waals surface area contributed by atoms with Crippen LogP contribution in [0.5, 0.6) is 0 Å². The molecule has 0 aromatic heterocycles. The van der Waals surface area contributed by atoms with E-state index < -0.39 is 30.6 Å². The van der Waals surface area contributed by atoms with E-state index in [1.54, 1.807) is 7.11 Å². The van der Waals surface area contributed by atoms with Crippen molar-refractivity contribution in [3.05, 3.63) is 0 Å². The molecule has 186 valence electrons. The van der Waals surface area contributed by atoms with Crippen LogP contribution in [0.25, 0.3) is 0 Å². The van der Waals surface area contributed by atoms with E-state index >= 15 is 0 Å². The standard InChI is InChI=1S/C23H40O9/c1-7-9-11-26-18-16(25-6)13(3)29-23(20(18)30-15(5)24)32-17-14(4)28-22(21-19(17)31-21)27-12-10-8-2/h13-14,16-23H,7-12H2,1-6H3/t13-,14-,16-,17-,18+,19-,20-,21-,22+,23+/m1/s1. The van der Waals surface area contributed by atoms with Gasteiger partial charge in [0.05, 0.1) is 12.2 Å². The topological polar surface area (TPSA) is 94.2 Å². The Morgan fingerprint density at radius 1 is 0.781 bits per heavy atom. The number of esters is 1. The third-order valence-electron chi connectivity index (χ3n) is 6.15. The van der Waals surface area contributed by atoms with Gasteiger partial charge in [-0.05, 0) is 26.7 Å². The minimum Gasteiger partial charge on any atom is -0.454 e. The van der Waals surface area contributed by atoms with E-state index in [0.29, 0.717) is 13.2 Å². The molecule has 10 atom stereocenters. The van der Waals surface area contributed by atoms with Gasteiger partial charge in [-0.15, -0.1) is 0 Å². The van der Waals surface area contributed by atoms with Crippen LogP contribution < -0.4 is 0 Å². The van der Waals surface area contributed by atoms with Crippen LogP contribution in [0.4, 0.5) is 0 Å². The van der Waals surface area contributed by atoms with Crippen LogP contribution in [0.3, 0.4) is 0 Å². The first kappa shape index (κ1) is 25.8. The summed E-state index contributed by atoms with van der Waals surface area (Å²) in [5, 5.41) is 0. The fourth-order valence-corrected chi connectivity index (χ4v) is 4.35. The molecule has 3 rings (SSSR count). The lowest BCUT2D eigenvalue weighted by Crippen LogP contribution is -2.62. The quantitative estimate of drug-likeness (QED) is 0.247. The van der Waals surface area contributed by atoms with Gasteiger partial charge >= 0.3 is 5.97 Å². The van der Waals surface area contributed by atoms with E-state index in [2.05, 4.69) is 13.8 Å². The highest BCUT2D eigenvalue weighted by molar-refractivity contribution is 5.66. The number of carbonyl (C=O) groups excluding carboxylic acids is 1. The molecule has 32 heavy (non-hydrogen) atoms. The molecule has 0 spiro atoms. The number of epoxide rings is 1. The Hall–Kier alpha value is -0.810. The maximum Gasteiger partial charge on any atom is 0.303 e. The molecule has 9 heteroatoms. The molecular formula is C23H40O9. The van der Waals surface area contributed by atoms with Crippen LogP contribution in [0.15, 0.2) is 0 Å². The van der Waals surface area contributed by atoms with Gasteiger partial charge in [0.25, 0.3) is 0 Å². The molecule has 0 amide bonds. The van der Waals surface area contributed by atoms with Gasteiger partial charge in [-0.2, -0.15) is 0 Å². The molecular weight excluding hydrogens is 420 g/mol. The highest BCUT2D eigenvalue weighted by Gasteiger charge is 2.60. The summed E-state index contributed by atoms with van der Waals surface area (Å²) in [6.45, 7) is 10.6. The second-order valence-electron chi connectivity index (χ2n) is 8.77. The number of fused-ring (bicyclic) bond motifs is 1. The Morgan fingerprint density at radius 2 is 1.41 bits per heavy atom. The van der Waals surface area contributed by atoms with E-state index in [1.165, 1.54) is 6.92 Å². The zero-order valence-corrected chi connectivity index (χ0v) is 20.2. The largest absolute Gasteiger partial charge is 0.454 e. The van der Waals surface area contributed by atoms with Gasteiger partial charge in [0.15, 0.2) is 18.7 Å². The van der Waals surface area contributed by atoms with Gasteiger partial charge in [-0.1, -0.05) is 26.7 Å². The molecule has 3 heterocycles. The van der Waals surface area contributed by atoms with E-state index in [0.717, 1.165) is 25.7 Å². The number of rotatable bonds is 12. The Labute approximate surface area is 191 Å². The van der Waals surface area contributed by atoms with Crippen LogP contribution >= 0.6 is 0 Å². The predicted molar refractivity (Wildman–Crippen MR) is 114 cm³/mol. The number of ether oxygens (including phenoxy) is 8. The average Bonchev–Trinajstić information content (AvgIpc) is 3.54. The molecule has 9 nitrogen and oxygen atoms in total. The normalized spacial score (nSPS) is 41.2. The van der Waals surface area contributed by atoms with Gasteiger partial charge in [0.2, 0.25) is 0 Å². The molecule has 0 aromatic rings. The van der Waals surface area contributed by atoms with E-state index in [4.69, 9.17) is 37.9 Å². The highest BCUT2D eigenvalue weighted by Crippen LogP contribution is 2.41. The zero-order valence-electron chi connectivity index (χ0n) is 20.2. The molecule has 0 aromatic carbocycles. The summed E-state index contributed by atoms with van der Waals surface area (Å²) in [6, 6.07) is 0. The number of carbonyl (C=O) groups is 1. The predicted octanol–water partition coefficient (Wildman–Crippen LogP) is 2.58. The maximum atomic E-state index is 11.9. The first-order chi connectivity index (χ1) is 15.4. The van der Waals surface area contributed by atoms with E-state index in [1.807, 2.05) is 13.8 Å². The van der Waals surface area contributed by atoms with Crippen molar-refractivity contribution in [2.24, 2.45) is 0 Å². The van der Waals surface area contributed by atoms with Crippen LogP contribution in [-0.4, -0.2) is 87.7 Å². The molecule has 0 radical (unpaired) electrons. The van der Waals surface area contributed by atoms with Gasteiger partial charge in [-0.25, -0.2) is 0 Å². The third kappa shape index (κ3) is 6.20.